The lowest BCUT2D eigenvalue weighted by molar-refractivity contribution is -0.141. The number of nitrogens with zero attached hydrogens (tertiary/aromatic N) is 1. The van der Waals surface area contributed by atoms with Crippen LogP contribution in [0.2, 0.25) is 0 Å². The molecular formula is C14H14N2O5. The molecule has 1 saturated heterocycles. The molecule has 2 amide bonds. The fraction of sp³-hybridized carbons (Fsp3) is 0.357. The number of aliphatic carboxylic acids is 1. The molecule has 0 bridgehead atoms. The molecule has 0 saturated carbocycles. The van der Waals surface area contributed by atoms with Gasteiger partial charge in [0, 0.05) is 18.7 Å². The van der Waals surface area contributed by atoms with Crippen LogP contribution in [0.3, 0.4) is 0 Å². The lowest BCUT2D eigenvalue weighted by Gasteiger charge is -2.20. The van der Waals surface area contributed by atoms with E-state index in [4.69, 9.17) is 9.84 Å². The molecular weight excluding hydrogens is 276 g/mol. The highest BCUT2D eigenvalue weighted by Crippen LogP contribution is 2.29. The number of hydrogen-bond donors (Lipinski definition) is 2. The smallest absolute Gasteiger partial charge is 0.308 e. The van der Waals surface area contributed by atoms with Crippen LogP contribution in [-0.2, 0) is 9.59 Å². The molecule has 1 aromatic carbocycles. The Balaban J connectivity index is 1.78. The van der Waals surface area contributed by atoms with E-state index in [0.717, 1.165) is 0 Å². The Bertz CT molecular complexity index is 628. The van der Waals surface area contributed by atoms with E-state index >= 15 is 0 Å². The number of anilines is 1. The standard InChI is InChI=1S/C14H14N2O5/c17-12-7-21-11-2-1-8(5-10(11)15-12)13(18)16-4-3-9(6-16)14(19)20/h1-2,5,9H,3-4,6-7H2,(H,15,17)(H,19,20). The first-order valence-electron chi connectivity index (χ1n) is 6.63. The zero-order valence-electron chi connectivity index (χ0n) is 11.2. The Morgan fingerprint density at radius 1 is 1.38 bits per heavy atom. The van der Waals surface area contributed by atoms with Gasteiger partial charge in [-0.05, 0) is 24.6 Å². The third-order valence-corrected chi connectivity index (χ3v) is 3.68. The van der Waals surface area contributed by atoms with Crippen LogP contribution in [0.15, 0.2) is 18.2 Å². The molecule has 3 rings (SSSR count). The minimum Gasteiger partial charge on any atom is -0.482 e. The summed E-state index contributed by atoms with van der Waals surface area (Å²) >= 11 is 0. The summed E-state index contributed by atoms with van der Waals surface area (Å²) in [5.41, 5.74) is 0.872. The van der Waals surface area contributed by atoms with Crippen molar-refractivity contribution in [2.75, 3.05) is 25.0 Å². The van der Waals surface area contributed by atoms with Gasteiger partial charge in [0.15, 0.2) is 6.61 Å². The van der Waals surface area contributed by atoms with Crippen LogP contribution in [0.4, 0.5) is 5.69 Å². The number of rotatable bonds is 2. The van der Waals surface area contributed by atoms with Crippen LogP contribution < -0.4 is 10.1 Å². The second kappa shape index (κ2) is 5.08. The Morgan fingerprint density at radius 3 is 2.90 bits per heavy atom. The predicted octanol–water partition coefficient (Wildman–Crippen LogP) is 0.564. The Morgan fingerprint density at radius 2 is 2.19 bits per heavy atom. The van der Waals surface area contributed by atoms with Crippen molar-refractivity contribution >= 4 is 23.5 Å². The highest BCUT2D eigenvalue weighted by Gasteiger charge is 2.31. The van der Waals surface area contributed by atoms with Gasteiger partial charge in [0.05, 0.1) is 11.6 Å². The molecule has 110 valence electrons. The first-order valence-corrected chi connectivity index (χ1v) is 6.63. The zero-order chi connectivity index (χ0) is 15.0. The minimum absolute atomic E-state index is 0.0350. The topological polar surface area (TPSA) is 95.9 Å². The Labute approximate surface area is 120 Å². The fourth-order valence-corrected chi connectivity index (χ4v) is 2.55. The zero-order valence-corrected chi connectivity index (χ0v) is 11.2. The van der Waals surface area contributed by atoms with Crippen molar-refractivity contribution in [1.82, 2.24) is 4.90 Å². The van der Waals surface area contributed by atoms with Crippen molar-refractivity contribution in [3.63, 3.8) is 0 Å². The van der Waals surface area contributed by atoms with Gasteiger partial charge in [0.1, 0.15) is 5.75 Å². The summed E-state index contributed by atoms with van der Waals surface area (Å²) < 4.78 is 5.23. The molecule has 7 nitrogen and oxygen atoms in total. The maximum absolute atomic E-state index is 12.4. The quantitative estimate of drug-likeness (QED) is 0.830. The molecule has 2 N–H and O–H groups in total. The average molecular weight is 290 g/mol. The summed E-state index contributed by atoms with van der Waals surface area (Å²) in [5.74, 6) is -1.36. The second-order valence-corrected chi connectivity index (χ2v) is 5.12. The molecule has 1 fully saturated rings. The summed E-state index contributed by atoms with van der Waals surface area (Å²) in [6, 6.07) is 4.81. The number of nitrogens with one attached hydrogen (secondary N) is 1. The number of amides is 2. The van der Waals surface area contributed by atoms with Crippen molar-refractivity contribution in [3.8, 4) is 5.75 Å². The molecule has 0 aromatic heterocycles. The molecule has 2 aliphatic heterocycles. The van der Waals surface area contributed by atoms with Gasteiger partial charge < -0.3 is 20.1 Å². The fourth-order valence-electron chi connectivity index (χ4n) is 2.55. The highest BCUT2D eigenvalue weighted by atomic mass is 16.5. The molecule has 0 aliphatic carbocycles. The summed E-state index contributed by atoms with van der Waals surface area (Å²) in [6.07, 6.45) is 0.464. The monoisotopic (exact) mass is 290 g/mol. The Hall–Kier alpha value is -2.57. The van der Waals surface area contributed by atoms with Gasteiger partial charge >= 0.3 is 5.97 Å². The molecule has 21 heavy (non-hydrogen) atoms. The summed E-state index contributed by atoms with van der Waals surface area (Å²) in [4.78, 5) is 36.1. The summed E-state index contributed by atoms with van der Waals surface area (Å²) in [7, 11) is 0. The largest absolute Gasteiger partial charge is 0.482 e. The molecule has 7 heteroatoms. The molecule has 1 unspecified atom stereocenters. The summed E-state index contributed by atoms with van der Waals surface area (Å²) in [6.45, 7) is 0.608. The summed E-state index contributed by atoms with van der Waals surface area (Å²) in [5, 5.41) is 11.6. The number of ether oxygens (including phenoxy) is 1. The number of likely N-dealkylation sites (tertiary alicyclic amines) is 1. The van der Waals surface area contributed by atoms with Gasteiger partial charge in [0.2, 0.25) is 0 Å². The number of carbonyl (C=O) groups is 3. The SMILES string of the molecule is O=C1COc2ccc(C(=O)N3CCC(C(=O)O)C3)cc2N1. The number of benzene rings is 1. The van der Waals surface area contributed by atoms with Gasteiger partial charge in [-0.15, -0.1) is 0 Å². The van der Waals surface area contributed by atoms with Crippen LogP contribution in [0.1, 0.15) is 16.8 Å². The maximum atomic E-state index is 12.4. The van der Waals surface area contributed by atoms with Crippen LogP contribution in [-0.4, -0.2) is 47.5 Å². The minimum atomic E-state index is -0.878. The van der Waals surface area contributed by atoms with Crippen LogP contribution in [0, 0.1) is 5.92 Å². The third-order valence-electron chi connectivity index (χ3n) is 3.68. The van der Waals surface area contributed by atoms with Crippen molar-refractivity contribution in [2.24, 2.45) is 5.92 Å². The van der Waals surface area contributed by atoms with E-state index in [1.54, 1.807) is 18.2 Å². The predicted molar refractivity (Wildman–Crippen MR) is 72.2 cm³/mol. The van der Waals surface area contributed by atoms with Crippen LogP contribution in [0.25, 0.3) is 0 Å². The lowest BCUT2D eigenvalue weighted by Crippen LogP contribution is -2.30. The van der Waals surface area contributed by atoms with Crippen molar-refractivity contribution in [1.29, 1.82) is 0 Å². The van der Waals surface area contributed by atoms with Gasteiger partial charge in [-0.25, -0.2) is 0 Å². The third kappa shape index (κ3) is 2.54. The first kappa shape index (κ1) is 13.4. The number of fused-ring (bicyclic) bond motifs is 1. The van der Waals surface area contributed by atoms with E-state index in [2.05, 4.69) is 5.32 Å². The van der Waals surface area contributed by atoms with Gasteiger partial charge in [0.25, 0.3) is 11.8 Å². The van der Waals surface area contributed by atoms with Crippen LogP contribution >= 0.6 is 0 Å². The second-order valence-electron chi connectivity index (χ2n) is 5.12. The van der Waals surface area contributed by atoms with Crippen molar-refractivity contribution in [2.45, 2.75) is 6.42 Å². The Kier molecular flexibility index (Phi) is 3.25. The number of carboxylic acid groups (broad SMARTS) is 1. The first-order chi connectivity index (χ1) is 10.0. The molecule has 1 aromatic rings. The van der Waals surface area contributed by atoms with E-state index in [9.17, 15) is 14.4 Å². The molecule has 2 aliphatic rings. The number of carbonyl (C=O) groups excluding carboxylic acids is 2. The van der Waals surface area contributed by atoms with Gasteiger partial charge in [-0.1, -0.05) is 0 Å². The van der Waals surface area contributed by atoms with Gasteiger partial charge in [-0.3, -0.25) is 14.4 Å². The van der Waals surface area contributed by atoms with E-state index in [0.29, 0.717) is 30.0 Å². The number of carboxylic acids is 1. The number of hydrogen-bond acceptors (Lipinski definition) is 4. The van der Waals surface area contributed by atoms with E-state index in [1.165, 1.54) is 4.90 Å². The lowest BCUT2D eigenvalue weighted by atomic mass is 10.1. The average Bonchev–Trinajstić information content (AvgIpc) is 2.95. The maximum Gasteiger partial charge on any atom is 0.308 e. The molecule has 0 spiro atoms. The van der Waals surface area contributed by atoms with E-state index in [-0.39, 0.29) is 25.0 Å². The van der Waals surface area contributed by atoms with E-state index in [1.807, 2.05) is 0 Å². The van der Waals surface area contributed by atoms with Gasteiger partial charge in [-0.2, -0.15) is 0 Å². The molecule has 2 heterocycles. The highest BCUT2D eigenvalue weighted by molar-refractivity contribution is 6.00. The van der Waals surface area contributed by atoms with Crippen LogP contribution in [0.5, 0.6) is 5.75 Å². The van der Waals surface area contributed by atoms with Crippen molar-refractivity contribution in [3.05, 3.63) is 23.8 Å². The normalized spacial score (nSPS) is 20.5. The molecule has 0 radical (unpaired) electrons. The van der Waals surface area contributed by atoms with E-state index < -0.39 is 11.9 Å². The van der Waals surface area contributed by atoms with Crippen molar-refractivity contribution < 1.29 is 24.2 Å². The molecule has 1 atom stereocenters.